The first kappa shape index (κ1) is 19.2. The minimum Gasteiger partial charge on any atom is -0.231 e. The summed E-state index contributed by atoms with van der Waals surface area (Å²) in [4.78, 5) is 0. The van der Waals surface area contributed by atoms with Crippen molar-refractivity contribution >= 4 is 0 Å². The Bertz CT molecular complexity index is 321. The summed E-state index contributed by atoms with van der Waals surface area (Å²) in [6.07, 6.45) is -7.20. The van der Waals surface area contributed by atoms with E-state index in [4.69, 9.17) is 0 Å². The van der Waals surface area contributed by atoms with E-state index >= 15 is 0 Å². The van der Waals surface area contributed by atoms with Gasteiger partial charge in [-0.15, -0.1) is 0 Å². The fraction of sp³-hybridized carbons (Fsp3) is 1.00. The van der Waals surface area contributed by atoms with Gasteiger partial charge in [0.25, 0.3) is 5.92 Å². The molecule has 0 heterocycles. The lowest BCUT2D eigenvalue weighted by Crippen LogP contribution is -2.70. The van der Waals surface area contributed by atoms with Crippen LogP contribution in [-0.4, -0.2) is 35.5 Å². The number of hydrogen-bond donors (Lipinski definition) is 0. The van der Waals surface area contributed by atoms with E-state index in [0.717, 1.165) is 0 Å². The van der Waals surface area contributed by atoms with Crippen LogP contribution in [0.25, 0.3) is 0 Å². The topological polar surface area (TPSA) is 0 Å². The molecule has 0 nitrogen and oxygen atoms in total. The van der Waals surface area contributed by atoms with E-state index in [1.807, 2.05) is 0 Å². The fourth-order valence-corrected chi connectivity index (χ4v) is 0.946. The molecule has 12 heteroatoms. The second-order valence-corrected chi connectivity index (χ2v) is 4.11. The molecule has 0 aromatic heterocycles. The molecule has 0 saturated carbocycles. The molecular weight excluding hydrogens is 324 g/mol. The molecule has 0 amide bonds. The van der Waals surface area contributed by atoms with Crippen LogP contribution >= 0.6 is 0 Å². The van der Waals surface area contributed by atoms with Crippen molar-refractivity contribution < 1.29 is 52.7 Å². The molecule has 0 aliphatic heterocycles. The lowest BCUT2D eigenvalue weighted by Gasteiger charge is -2.41. The molecule has 0 aromatic rings. The van der Waals surface area contributed by atoms with Gasteiger partial charge < -0.3 is 0 Å². The summed E-state index contributed by atoms with van der Waals surface area (Å²) >= 11 is 0. The number of halogens is 12. The van der Waals surface area contributed by atoms with Crippen molar-refractivity contribution in [1.29, 1.82) is 0 Å². The molecule has 0 N–H and O–H groups in total. The highest BCUT2D eigenvalue weighted by Crippen LogP contribution is 2.59. The predicted octanol–water partition coefficient (Wildman–Crippen LogP) is 4.84. The molecule has 0 spiro atoms. The van der Waals surface area contributed by atoms with Gasteiger partial charge in [0, 0.05) is 6.92 Å². The molecule has 1 unspecified atom stereocenters. The Kier molecular flexibility index (Phi) is 4.14. The first-order valence-electron chi connectivity index (χ1n) is 4.52. The number of hydrogen-bond acceptors (Lipinski definition) is 0. The molecule has 0 fully saturated rings. The minimum atomic E-state index is -7.43. The van der Waals surface area contributed by atoms with Crippen LogP contribution in [0.15, 0.2) is 0 Å². The Labute approximate surface area is 103 Å². The standard InChI is InChI=1S/C8H6F12/c1-3(9,4(2,10)11)5(12,13)6(14,15)7(16,17)8(18,19)20/h1-2H3. The maximum absolute atomic E-state index is 13.1. The van der Waals surface area contributed by atoms with Crippen molar-refractivity contribution in [2.24, 2.45) is 0 Å². The Balaban J connectivity index is 6.08. The van der Waals surface area contributed by atoms with Crippen molar-refractivity contribution in [2.45, 2.75) is 49.4 Å². The SMILES string of the molecule is CC(F)(F)C(C)(F)C(F)(F)C(F)(F)C(F)(F)C(F)(F)F. The molecule has 0 bridgehead atoms. The van der Waals surface area contributed by atoms with Crippen LogP contribution in [0.4, 0.5) is 52.7 Å². The van der Waals surface area contributed by atoms with Gasteiger partial charge in [-0.2, -0.15) is 39.5 Å². The highest BCUT2D eigenvalue weighted by molar-refractivity contribution is 5.11. The monoisotopic (exact) mass is 330 g/mol. The highest BCUT2D eigenvalue weighted by Gasteiger charge is 2.87. The Morgan fingerprint density at radius 1 is 0.450 bits per heavy atom. The smallest absolute Gasteiger partial charge is 0.231 e. The molecule has 0 aliphatic rings. The second kappa shape index (κ2) is 4.33. The summed E-state index contributed by atoms with van der Waals surface area (Å²) in [5, 5.41) is 0. The predicted molar refractivity (Wildman–Crippen MR) is 41.0 cm³/mol. The summed E-state index contributed by atoms with van der Waals surface area (Å²) in [7, 11) is 0. The minimum absolute atomic E-state index is 0.664. The fourth-order valence-electron chi connectivity index (χ4n) is 0.946. The van der Waals surface area contributed by atoms with Crippen LogP contribution in [0, 0.1) is 0 Å². The van der Waals surface area contributed by atoms with Gasteiger partial charge in [0.05, 0.1) is 0 Å². The van der Waals surface area contributed by atoms with E-state index < -0.39 is 49.4 Å². The second-order valence-electron chi connectivity index (χ2n) is 4.11. The molecule has 0 rings (SSSR count). The third-order valence-corrected chi connectivity index (χ3v) is 2.56. The van der Waals surface area contributed by atoms with Crippen molar-refractivity contribution in [3.8, 4) is 0 Å². The maximum Gasteiger partial charge on any atom is 0.460 e. The summed E-state index contributed by atoms with van der Waals surface area (Å²) in [5.74, 6) is -27.2. The number of alkyl halides is 12. The largest absolute Gasteiger partial charge is 0.460 e. The van der Waals surface area contributed by atoms with E-state index in [1.165, 1.54) is 0 Å². The lowest BCUT2D eigenvalue weighted by atomic mass is 9.86. The lowest BCUT2D eigenvalue weighted by molar-refractivity contribution is -0.420. The van der Waals surface area contributed by atoms with Crippen molar-refractivity contribution in [3.05, 3.63) is 0 Å². The zero-order chi connectivity index (χ0) is 17.0. The van der Waals surface area contributed by atoms with Crippen LogP contribution in [0.1, 0.15) is 13.8 Å². The van der Waals surface area contributed by atoms with Crippen molar-refractivity contribution in [2.75, 3.05) is 0 Å². The zero-order valence-electron chi connectivity index (χ0n) is 9.54. The van der Waals surface area contributed by atoms with Gasteiger partial charge in [0.1, 0.15) is 0 Å². The van der Waals surface area contributed by atoms with Gasteiger partial charge in [-0.1, -0.05) is 0 Å². The first-order valence-corrected chi connectivity index (χ1v) is 4.52. The quantitative estimate of drug-likeness (QED) is 0.647. The molecule has 122 valence electrons. The Hall–Kier alpha value is -0.840. The van der Waals surface area contributed by atoms with E-state index in [9.17, 15) is 52.7 Å². The van der Waals surface area contributed by atoms with Crippen molar-refractivity contribution in [1.82, 2.24) is 0 Å². The van der Waals surface area contributed by atoms with E-state index in [-0.39, 0.29) is 0 Å². The van der Waals surface area contributed by atoms with Crippen LogP contribution in [-0.2, 0) is 0 Å². The molecule has 0 aromatic carbocycles. The Morgan fingerprint density at radius 2 is 0.750 bits per heavy atom. The van der Waals surface area contributed by atoms with Crippen LogP contribution < -0.4 is 0 Å². The van der Waals surface area contributed by atoms with Gasteiger partial charge in [0.15, 0.2) is 0 Å². The molecule has 0 aliphatic carbocycles. The maximum atomic E-state index is 13.1. The summed E-state index contributed by atoms with van der Waals surface area (Å²) in [6.45, 7) is -1.56. The summed E-state index contributed by atoms with van der Waals surface area (Å²) in [5.41, 5.74) is -5.65. The van der Waals surface area contributed by atoms with Gasteiger partial charge in [0.2, 0.25) is 5.67 Å². The van der Waals surface area contributed by atoms with Gasteiger partial charge >= 0.3 is 23.9 Å². The van der Waals surface area contributed by atoms with Crippen LogP contribution in [0.5, 0.6) is 0 Å². The van der Waals surface area contributed by atoms with E-state index in [2.05, 4.69) is 0 Å². The van der Waals surface area contributed by atoms with Crippen LogP contribution in [0.3, 0.4) is 0 Å². The third kappa shape index (κ3) is 2.30. The third-order valence-electron chi connectivity index (χ3n) is 2.56. The molecule has 1 atom stereocenters. The summed E-state index contributed by atoms with van der Waals surface area (Å²) in [6, 6.07) is 0. The number of rotatable bonds is 4. The molecular formula is C8H6F12. The van der Waals surface area contributed by atoms with E-state index in [0.29, 0.717) is 0 Å². The van der Waals surface area contributed by atoms with Gasteiger partial charge in [-0.25, -0.2) is 13.2 Å². The first-order chi connectivity index (χ1) is 8.25. The van der Waals surface area contributed by atoms with Gasteiger partial charge in [-0.3, -0.25) is 0 Å². The van der Waals surface area contributed by atoms with Crippen molar-refractivity contribution in [3.63, 3.8) is 0 Å². The van der Waals surface area contributed by atoms with E-state index in [1.54, 1.807) is 0 Å². The molecule has 0 saturated heterocycles. The average molecular weight is 330 g/mol. The van der Waals surface area contributed by atoms with Gasteiger partial charge in [-0.05, 0) is 6.92 Å². The zero-order valence-corrected chi connectivity index (χ0v) is 9.54. The summed E-state index contributed by atoms with van der Waals surface area (Å²) < 4.78 is 149. The van der Waals surface area contributed by atoms with Crippen LogP contribution in [0.2, 0.25) is 0 Å². The highest BCUT2D eigenvalue weighted by atomic mass is 19.4. The normalized spacial score (nSPS) is 18.9. The molecule has 20 heavy (non-hydrogen) atoms. The molecule has 0 radical (unpaired) electrons. The average Bonchev–Trinajstić information content (AvgIpc) is 2.12. The Morgan fingerprint density at radius 3 is 0.950 bits per heavy atom.